The number of ether oxygens (including phenoxy) is 2. The van der Waals surface area contributed by atoms with Gasteiger partial charge in [0.2, 0.25) is 0 Å². The zero-order valence-corrected chi connectivity index (χ0v) is 11.9. The standard InChI is InChI=1S/C17H18O4/c1-16(19)14-11-7-6-9-4-2-3-5-10(9)17(11)13(18)8-12(20-16)15(14)21-17/h2-5,11-12,14-15,19H,6-8H2,1H3/t11-,12+,14-,15-,16-,17-/m0/s1. The summed E-state index contributed by atoms with van der Waals surface area (Å²) in [4.78, 5) is 12.9. The number of ketones is 1. The largest absolute Gasteiger partial charge is 0.365 e. The van der Waals surface area contributed by atoms with Gasteiger partial charge in [-0.3, -0.25) is 4.79 Å². The third kappa shape index (κ3) is 1.26. The summed E-state index contributed by atoms with van der Waals surface area (Å²) in [5.41, 5.74) is 1.39. The van der Waals surface area contributed by atoms with Crippen LogP contribution in [0.1, 0.15) is 30.9 Å². The van der Waals surface area contributed by atoms with Gasteiger partial charge in [0, 0.05) is 18.3 Å². The van der Waals surface area contributed by atoms with Gasteiger partial charge >= 0.3 is 0 Å². The molecule has 3 aliphatic heterocycles. The number of hydrogen-bond donors (Lipinski definition) is 1. The van der Waals surface area contributed by atoms with Crippen molar-refractivity contribution in [2.24, 2.45) is 11.8 Å². The molecule has 0 unspecified atom stereocenters. The summed E-state index contributed by atoms with van der Waals surface area (Å²) in [5.74, 6) is -1.15. The third-order valence-corrected chi connectivity index (χ3v) is 5.95. The molecule has 1 aromatic carbocycles. The van der Waals surface area contributed by atoms with E-state index in [4.69, 9.17) is 9.47 Å². The minimum Gasteiger partial charge on any atom is -0.365 e. The number of fused-ring (bicyclic) bond motifs is 2. The van der Waals surface area contributed by atoms with Crippen LogP contribution in [0.5, 0.6) is 0 Å². The van der Waals surface area contributed by atoms with E-state index in [1.54, 1.807) is 6.92 Å². The van der Waals surface area contributed by atoms with Crippen LogP contribution in [-0.2, 0) is 26.3 Å². The Morgan fingerprint density at radius 2 is 2.10 bits per heavy atom. The monoisotopic (exact) mass is 286 g/mol. The molecule has 4 aliphatic rings. The van der Waals surface area contributed by atoms with Crippen LogP contribution in [0.2, 0.25) is 0 Å². The number of hydrogen-bond acceptors (Lipinski definition) is 4. The quantitative estimate of drug-likeness (QED) is 0.786. The third-order valence-electron chi connectivity index (χ3n) is 5.95. The molecule has 1 spiro atoms. The Labute approximate surface area is 123 Å². The van der Waals surface area contributed by atoms with E-state index in [2.05, 4.69) is 6.07 Å². The van der Waals surface area contributed by atoms with Crippen LogP contribution < -0.4 is 0 Å². The van der Waals surface area contributed by atoms with Crippen molar-refractivity contribution in [2.75, 3.05) is 0 Å². The van der Waals surface area contributed by atoms with E-state index >= 15 is 0 Å². The van der Waals surface area contributed by atoms with Crippen LogP contribution >= 0.6 is 0 Å². The summed E-state index contributed by atoms with van der Waals surface area (Å²) in [7, 11) is 0. The molecule has 1 aromatic rings. The van der Waals surface area contributed by atoms with E-state index in [0.29, 0.717) is 6.42 Å². The van der Waals surface area contributed by atoms with Crippen molar-refractivity contribution in [2.45, 2.75) is 49.8 Å². The number of carbonyl (C=O) groups is 1. The topological polar surface area (TPSA) is 55.8 Å². The molecular formula is C17H18O4. The molecule has 21 heavy (non-hydrogen) atoms. The first-order valence-electron chi connectivity index (χ1n) is 7.74. The second kappa shape index (κ2) is 3.57. The number of rotatable bonds is 0. The molecule has 1 aliphatic carbocycles. The Morgan fingerprint density at radius 3 is 2.95 bits per heavy atom. The molecule has 5 rings (SSSR count). The van der Waals surface area contributed by atoms with Crippen molar-refractivity contribution in [3.05, 3.63) is 35.4 Å². The molecule has 3 heterocycles. The van der Waals surface area contributed by atoms with Gasteiger partial charge in [0.15, 0.2) is 17.2 Å². The Hall–Kier alpha value is -1.23. The van der Waals surface area contributed by atoms with Crippen molar-refractivity contribution < 1.29 is 19.4 Å². The van der Waals surface area contributed by atoms with E-state index in [1.165, 1.54) is 5.56 Å². The fourth-order valence-electron chi connectivity index (χ4n) is 5.27. The van der Waals surface area contributed by atoms with Gasteiger partial charge in [-0.1, -0.05) is 24.3 Å². The highest BCUT2D eigenvalue weighted by molar-refractivity contribution is 5.92. The van der Waals surface area contributed by atoms with Crippen molar-refractivity contribution in [3.8, 4) is 0 Å². The predicted octanol–water partition coefficient (Wildman–Crippen LogP) is 1.54. The fourth-order valence-corrected chi connectivity index (χ4v) is 5.27. The predicted molar refractivity (Wildman–Crippen MR) is 73.4 cm³/mol. The molecule has 0 radical (unpaired) electrons. The summed E-state index contributed by atoms with van der Waals surface area (Å²) in [6.07, 6.45) is 1.70. The summed E-state index contributed by atoms with van der Waals surface area (Å²) < 4.78 is 12.0. The average molecular weight is 286 g/mol. The number of carbonyl (C=O) groups excluding carboxylic acids is 1. The van der Waals surface area contributed by atoms with Crippen molar-refractivity contribution >= 4 is 5.78 Å². The number of aliphatic hydroxyl groups is 1. The van der Waals surface area contributed by atoms with Crippen molar-refractivity contribution in [1.29, 1.82) is 0 Å². The minimum absolute atomic E-state index is 0.0207. The van der Waals surface area contributed by atoms with Crippen LogP contribution in [-0.4, -0.2) is 28.9 Å². The molecule has 4 nitrogen and oxygen atoms in total. The van der Waals surface area contributed by atoms with Crippen LogP contribution in [0.15, 0.2) is 24.3 Å². The maximum absolute atomic E-state index is 12.9. The molecule has 3 fully saturated rings. The van der Waals surface area contributed by atoms with E-state index in [-0.39, 0.29) is 29.8 Å². The molecule has 4 heteroatoms. The van der Waals surface area contributed by atoms with Gasteiger partial charge in [0.1, 0.15) is 0 Å². The lowest BCUT2D eigenvalue weighted by Gasteiger charge is -2.44. The van der Waals surface area contributed by atoms with E-state index < -0.39 is 11.4 Å². The highest BCUT2D eigenvalue weighted by atomic mass is 16.7. The van der Waals surface area contributed by atoms with E-state index in [1.807, 2.05) is 18.2 Å². The zero-order valence-electron chi connectivity index (χ0n) is 11.9. The van der Waals surface area contributed by atoms with Crippen LogP contribution in [0.3, 0.4) is 0 Å². The SMILES string of the molecule is C[C@]1(O)O[C@@H]2CC(=O)[C@@]34O[C@@H]2[C@@H]1[C@@H]3CCc1ccccc14. The van der Waals surface area contributed by atoms with Crippen LogP contribution in [0, 0.1) is 11.8 Å². The fraction of sp³-hybridized carbons (Fsp3) is 0.588. The number of aryl methyl sites for hydroxylation is 1. The number of Topliss-reactive ketones (excluding diaryl/α,β-unsaturated/α-hetero) is 1. The summed E-state index contributed by atoms with van der Waals surface area (Å²) in [6, 6.07) is 8.10. The normalized spacial score (nSPS) is 49.9. The molecule has 2 bridgehead atoms. The average Bonchev–Trinajstić information content (AvgIpc) is 2.90. The minimum atomic E-state index is -1.19. The first-order chi connectivity index (χ1) is 10.0. The molecule has 6 atom stereocenters. The summed E-state index contributed by atoms with van der Waals surface area (Å²) in [5, 5.41) is 10.6. The first kappa shape index (κ1) is 12.3. The van der Waals surface area contributed by atoms with Gasteiger partial charge in [-0.15, -0.1) is 0 Å². The highest BCUT2D eigenvalue weighted by Gasteiger charge is 2.73. The molecule has 0 saturated carbocycles. The lowest BCUT2D eigenvalue weighted by molar-refractivity contribution is -0.232. The Balaban J connectivity index is 1.75. The number of benzene rings is 1. The van der Waals surface area contributed by atoms with Gasteiger partial charge in [0.25, 0.3) is 0 Å². The molecule has 0 aromatic heterocycles. The van der Waals surface area contributed by atoms with E-state index in [9.17, 15) is 9.90 Å². The molecule has 3 saturated heterocycles. The van der Waals surface area contributed by atoms with Crippen LogP contribution in [0.4, 0.5) is 0 Å². The van der Waals surface area contributed by atoms with Crippen molar-refractivity contribution in [1.82, 2.24) is 0 Å². The second-order valence-electron chi connectivity index (χ2n) is 6.98. The lowest BCUT2D eigenvalue weighted by atomic mass is 9.65. The zero-order chi connectivity index (χ0) is 14.4. The summed E-state index contributed by atoms with van der Waals surface area (Å²) >= 11 is 0. The lowest BCUT2D eigenvalue weighted by Crippen LogP contribution is -2.52. The molecule has 0 amide bonds. The van der Waals surface area contributed by atoms with Crippen molar-refractivity contribution in [3.63, 3.8) is 0 Å². The molecular weight excluding hydrogens is 268 g/mol. The smallest absolute Gasteiger partial charge is 0.172 e. The van der Waals surface area contributed by atoms with Gasteiger partial charge in [0.05, 0.1) is 12.2 Å². The summed E-state index contributed by atoms with van der Waals surface area (Å²) in [6.45, 7) is 1.72. The first-order valence-corrected chi connectivity index (χ1v) is 7.74. The van der Waals surface area contributed by atoms with Gasteiger partial charge in [-0.2, -0.15) is 0 Å². The Kier molecular flexibility index (Phi) is 2.09. The highest BCUT2D eigenvalue weighted by Crippen LogP contribution is 2.63. The van der Waals surface area contributed by atoms with Gasteiger partial charge < -0.3 is 14.6 Å². The Bertz CT molecular complexity index is 652. The maximum atomic E-state index is 12.9. The maximum Gasteiger partial charge on any atom is 0.172 e. The molecule has 1 N–H and O–H groups in total. The van der Waals surface area contributed by atoms with Gasteiger partial charge in [-0.05, 0) is 30.9 Å². The van der Waals surface area contributed by atoms with E-state index in [0.717, 1.165) is 18.4 Å². The Morgan fingerprint density at radius 1 is 1.29 bits per heavy atom. The second-order valence-corrected chi connectivity index (χ2v) is 6.98. The molecule has 110 valence electrons. The van der Waals surface area contributed by atoms with Crippen LogP contribution in [0.25, 0.3) is 0 Å². The van der Waals surface area contributed by atoms with Gasteiger partial charge in [-0.25, -0.2) is 0 Å².